The molecule has 0 saturated heterocycles. The number of carbonyl (C=O) groups excluding carboxylic acids is 1. The first kappa shape index (κ1) is 17.8. The molecule has 1 N–H and O–H groups in total. The summed E-state index contributed by atoms with van der Waals surface area (Å²) in [7, 11) is 3.79. The molecule has 1 aromatic rings. The number of thioether (sulfide) groups is 1. The molecular weight excluding hydrogens is 360 g/mol. The summed E-state index contributed by atoms with van der Waals surface area (Å²) in [5.41, 5.74) is 1.27. The van der Waals surface area contributed by atoms with E-state index < -0.39 is 0 Å². The quantitative estimate of drug-likeness (QED) is 0.869. The average Bonchev–Trinajstić information content (AvgIpc) is 2.43. The topological polar surface area (TPSA) is 32.3 Å². The molecular formula is C14H20BrClN2OS. The second-order valence-electron chi connectivity index (χ2n) is 4.69. The Kier molecular flexibility index (Phi) is 7.37. The maximum Gasteiger partial charge on any atom is 0.224 e. The van der Waals surface area contributed by atoms with E-state index in [1.165, 1.54) is 10.5 Å². The van der Waals surface area contributed by atoms with Gasteiger partial charge in [-0.25, -0.2) is 0 Å². The van der Waals surface area contributed by atoms with E-state index in [0.29, 0.717) is 6.42 Å². The summed E-state index contributed by atoms with van der Waals surface area (Å²) in [4.78, 5) is 15.4. The van der Waals surface area contributed by atoms with Crippen LogP contribution in [0.15, 0.2) is 27.6 Å². The van der Waals surface area contributed by atoms with E-state index in [4.69, 9.17) is 0 Å². The summed E-state index contributed by atoms with van der Waals surface area (Å²) >= 11 is 5.40. The largest absolute Gasteiger partial charge is 0.339 e. The molecule has 1 aliphatic heterocycles. The van der Waals surface area contributed by atoms with Gasteiger partial charge in [0, 0.05) is 35.1 Å². The lowest BCUT2D eigenvalue weighted by Gasteiger charge is -2.33. The van der Waals surface area contributed by atoms with Crippen molar-refractivity contribution in [1.29, 1.82) is 0 Å². The number of benzene rings is 1. The number of halogens is 2. The van der Waals surface area contributed by atoms with E-state index >= 15 is 0 Å². The van der Waals surface area contributed by atoms with Crippen LogP contribution in [0.25, 0.3) is 0 Å². The lowest BCUT2D eigenvalue weighted by molar-refractivity contribution is -0.132. The van der Waals surface area contributed by atoms with Crippen LogP contribution in [0.5, 0.6) is 0 Å². The Labute approximate surface area is 139 Å². The number of carbonyl (C=O) groups is 1. The van der Waals surface area contributed by atoms with Crippen LogP contribution < -0.4 is 5.32 Å². The molecule has 1 unspecified atom stereocenters. The molecule has 0 spiro atoms. The third-order valence-electron chi connectivity index (χ3n) is 3.43. The minimum Gasteiger partial charge on any atom is -0.339 e. The third-order valence-corrected chi connectivity index (χ3v) is 5.05. The van der Waals surface area contributed by atoms with Gasteiger partial charge >= 0.3 is 0 Å². The first-order chi connectivity index (χ1) is 9.13. The molecule has 2 rings (SSSR count). The predicted octanol–water partition coefficient (Wildman–Crippen LogP) is 3.48. The molecule has 1 atom stereocenters. The highest BCUT2D eigenvalue weighted by atomic mass is 79.9. The lowest BCUT2D eigenvalue weighted by Crippen LogP contribution is -2.34. The van der Waals surface area contributed by atoms with Crippen LogP contribution in [0.1, 0.15) is 24.4 Å². The van der Waals surface area contributed by atoms with Crippen molar-refractivity contribution in [1.82, 2.24) is 10.2 Å². The number of amides is 1. The van der Waals surface area contributed by atoms with E-state index in [1.807, 2.05) is 30.8 Å². The highest BCUT2D eigenvalue weighted by Crippen LogP contribution is 2.40. The average molecular weight is 380 g/mol. The van der Waals surface area contributed by atoms with Crippen molar-refractivity contribution in [2.75, 3.05) is 26.4 Å². The molecule has 3 nitrogen and oxygen atoms in total. The van der Waals surface area contributed by atoms with Gasteiger partial charge in [0.1, 0.15) is 0 Å². The fraction of sp³-hybridized carbons (Fsp3) is 0.500. The van der Waals surface area contributed by atoms with E-state index in [9.17, 15) is 4.79 Å². The smallest absolute Gasteiger partial charge is 0.224 e. The van der Waals surface area contributed by atoms with Crippen LogP contribution in [0, 0.1) is 0 Å². The summed E-state index contributed by atoms with van der Waals surface area (Å²) in [5.74, 6) is 1.28. The zero-order valence-electron chi connectivity index (χ0n) is 11.7. The third kappa shape index (κ3) is 4.13. The number of fused-ring (bicyclic) bond motifs is 1. The van der Waals surface area contributed by atoms with Crippen LogP contribution in [0.4, 0.5) is 0 Å². The minimum atomic E-state index is 0. The molecule has 20 heavy (non-hydrogen) atoms. The monoisotopic (exact) mass is 378 g/mol. The second-order valence-corrected chi connectivity index (χ2v) is 6.75. The van der Waals surface area contributed by atoms with Crippen molar-refractivity contribution in [2.24, 2.45) is 0 Å². The Morgan fingerprint density at radius 2 is 2.30 bits per heavy atom. The number of rotatable bonds is 4. The maximum absolute atomic E-state index is 12.2. The van der Waals surface area contributed by atoms with Crippen LogP contribution in [0.2, 0.25) is 0 Å². The van der Waals surface area contributed by atoms with Gasteiger partial charge in [0.2, 0.25) is 5.91 Å². The fourth-order valence-electron chi connectivity index (χ4n) is 2.33. The first-order valence-corrected chi connectivity index (χ1v) is 8.24. The molecule has 0 aliphatic carbocycles. The minimum absolute atomic E-state index is 0. The van der Waals surface area contributed by atoms with Gasteiger partial charge in [-0.05, 0) is 37.2 Å². The maximum atomic E-state index is 12.2. The Morgan fingerprint density at radius 1 is 1.55 bits per heavy atom. The van der Waals surface area contributed by atoms with Gasteiger partial charge in [-0.3, -0.25) is 4.79 Å². The van der Waals surface area contributed by atoms with Crippen molar-refractivity contribution in [3.63, 3.8) is 0 Å². The summed E-state index contributed by atoms with van der Waals surface area (Å²) in [6.45, 7) is 0.732. The van der Waals surface area contributed by atoms with Gasteiger partial charge in [0.05, 0.1) is 6.04 Å². The number of nitrogens with one attached hydrogen (secondary N) is 1. The summed E-state index contributed by atoms with van der Waals surface area (Å²) in [6, 6.07) is 6.56. The van der Waals surface area contributed by atoms with E-state index in [2.05, 4.69) is 39.4 Å². The van der Waals surface area contributed by atoms with Crippen molar-refractivity contribution in [3.05, 3.63) is 28.2 Å². The lowest BCUT2D eigenvalue weighted by atomic mass is 10.0. The Morgan fingerprint density at radius 3 is 3.00 bits per heavy atom. The van der Waals surface area contributed by atoms with Gasteiger partial charge < -0.3 is 10.2 Å². The standard InChI is InChI=1S/C14H19BrN2OS.ClH/c1-16-7-5-14(18)17(2)12-6-8-19-13-4-3-10(15)9-11(12)13;/h3-4,9,12,16H,5-8H2,1-2H3;1H. The van der Waals surface area contributed by atoms with Crippen LogP contribution in [-0.4, -0.2) is 37.2 Å². The summed E-state index contributed by atoms with van der Waals surface area (Å²) < 4.78 is 1.08. The van der Waals surface area contributed by atoms with Crippen LogP contribution in [-0.2, 0) is 4.79 Å². The van der Waals surface area contributed by atoms with Gasteiger partial charge in [0.25, 0.3) is 0 Å². The van der Waals surface area contributed by atoms with Crippen LogP contribution in [0.3, 0.4) is 0 Å². The molecule has 1 heterocycles. The molecule has 1 amide bonds. The zero-order chi connectivity index (χ0) is 13.8. The Bertz CT molecular complexity index is 472. The summed E-state index contributed by atoms with van der Waals surface area (Å²) in [5, 5.41) is 3.03. The molecule has 0 bridgehead atoms. The molecule has 6 heteroatoms. The van der Waals surface area contributed by atoms with Crippen molar-refractivity contribution >= 4 is 46.0 Å². The van der Waals surface area contributed by atoms with E-state index in [1.54, 1.807) is 0 Å². The fourth-order valence-corrected chi connectivity index (χ4v) is 3.80. The van der Waals surface area contributed by atoms with Crippen molar-refractivity contribution in [2.45, 2.75) is 23.8 Å². The first-order valence-electron chi connectivity index (χ1n) is 6.46. The predicted molar refractivity (Wildman–Crippen MR) is 90.8 cm³/mol. The van der Waals surface area contributed by atoms with E-state index in [0.717, 1.165) is 23.2 Å². The Hall–Kier alpha value is -0.230. The highest BCUT2D eigenvalue weighted by Gasteiger charge is 2.26. The van der Waals surface area contributed by atoms with Crippen molar-refractivity contribution < 1.29 is 4.79 Å². The molecule has 0 aromatic heterocycles. The summed E-state index contributed by atoms with van der Waals surface area (Å²) in [6.07, 6.45) is 1.58. The number of hydrogen-bond acceptors (Lipinski definition) is 3. The SMILES string of the molecule is CNCCC(=O)N(C)C1CCSc2ccc(Br)cc21.Cl. The van der Waals surface area contributed by atoms with Crippen molar-refractivity contribution in [3.8, 4) is 0 Å². The highest BCUT2D eigenvalue weighted by molar-refractivity contribution is 9.10. The van der Waals surface area contributed by atoms with Gasteiger partial charge in [0.15, 0.2) is 0 Å². The molecule has 0 saturated carbocycles. The van der Waals surface area contributed by atoms with E-state index in [-0.39, 0.29) is 24.4 Å². The molecule has 0 fully saturated rings. The number of nitrogens with zero attached hydrogens (tertiary/aromatic N) is 1. The number of hydrogen-bond donors (Lipinski definition) is 1. The molecule has 0 radical (unpaired) electrons. The molecule has 1 aliphatic rings. The van der Waals surface area contributed by atoms with Gasteiger partial charge in [-0.15, -0.1) is 24.2 Å². The molecule has 1 aromatic carbocycles. The zero-order valence-corrected chi connectivity index (χ0v) is 14.9. The normalized spacial score (nSPS) is 17.1. The second kappa shape index (κ2) is 8.27. The van der Waals surface area contributed by atoms with Crippen LogP contribution >= 0.6 is 40.1 Å². The molecule has 112 valence electrons. The Balaban J connectivity index is 0.00000200. The van der Waals surface area contributed by atoms with Gasteiger partial charge in [-0.2, -0.15) is 0 Å². The van der Waals surface area contributed by atoms with Gasteiger partial charge in [-0.1, -0.05) is 15.9 Å².